The molecule has 2 aromatic rings. The molecule has 2 atom stereocenters. The molecule has 4 heterocycles. The summed E-state index contributed by atoms with van der Waals surface area (Å²) >= 11 is 3.60. The molecular weight excluding hydrogens is 487 g/mol. The van der Waals surface area contributed by atoms with Crippen LogP contribution in [-0.2, 0) is 14.4 Å². The third-order valence-corrected chi connectivity index (χ3v) is 7.15. The molecule has 160 valence electrons. The molecule has 2 amide bonds. The van der Waals surface area contributed by atoms with Crippen molar-refractivity contribution in [3.63, 3.8) is 0 Å². The number of thioether (sulfide) groups is 1. The van der Waals surface area contributed by atoms with Crippen LogP contribution in [0, 0.1) is 0 Å². The average Bonchev–Trinajstić information content (AvgIpc) is 3.42. The first-order valence-electron chi connectivity index (χ1n) is 8.63. The Morgan fingerprint density at radius 3 is 2.78 bits per heavy atom. The summed E-state index contributed by atoms with van der Waals surface area (Å²) in [6.07, 6.45) is 4.95. The smallest absolute Gasteiger partial charge is 0.543 e. The maximum atomic E-state index is 12.7. The van der Waals surface area contributed by atoms with Crippen LogP contribution in [-0.4, -0.2) is 60.1 Å². The number of allylic oxidation sites excluding steroid dienone is 1. The average molecular weight is 501 g/mol. The van der Waals surface area contributed by atoms with E-state index in [0.29, 0.717) is 11.3 Å². The number of anilines is 1. The second kappa shape index (κ2) is 10.1. The van der Waals surface area contributed by atoms with E-state index in [-0.39, 0.29) is 46.1 Å². The third-order valence-electron chi connectivity index (χ3n) is 4.46. The van der Waals surface area contributed by atoms with Crippen molar-refractivity contribution in [1.82, 2.24) is 19.6 Å². The van der Waals surface area contributed by atoms with Crippen LogP contribution in [0.15, 0.2) is 40.1 Å². The minimum Gasteiger partial charge on any atom is -0.543 e. The largest absolute Gasteiger partial charge is 1.00 e. The van der Waals surface area contributed by atoms with Crippen LogP contribution in [0.2, 0.25) is 0 Å². The number of oxime groups is 1. The number of carbonyl (C=O) groups excluding carboxylic acids is 3. The molecule has 11 nitrogen and oxygen atoms in total. The van der Waals surface area contributed by atoms with Gasteiger partial charge in [0.25, 0.3) is 11.8 Å². The molecule has 0 spiro atoms. The number of hydrogen-bond donors (Lipinski definition) is 3. The summed E-state index contributed by atoms with van der Waals surface area (Å²) in [7, 11) is 0. The molecule has 1 fully saturated rings. The molecule has 0 saturated carbocycles. The van der Waals surface area contributed by atoms with Gasteiger partial charge in [0.05, 0.1) is 11.7 Å². The number of nitrogens with one attached hydrogen (secondary N) is 1. The van der Waals surface area contributed by atoms with Crippen molar-refractivity contribution in [3.8, 4) is 0 Å². The molecule has 0 aromatic carbocycles. The normalized spacial score (nSPS) is 20.6. The maximum absolute atomic E-state index is 12.7. The number of nitrogens with two attached hydrogens (primary N) is 1. The standard InChI is InChI=1S/C17H14N6O5S3.Na/c18-17-20-9(6-30-17)10(22-28)13(24)21-11-14(25)23-12(16(26)27)7(5-29-15(11)23)1-2-8-3-4-19-31-8;/h1-4,6,11,15,28H,5H2,(H2,18,20)(H,21,24)(H,26,27);/q;+1/p-1/b2-1+,22-10-;/t11-,15-;/m1./s1. The summed E-state index contributed by atoms with van der Waals surface area (Å²) < 4.78 is 3.97. The number of nitrogens with zero attached hydrogens (tertiary/aromatic N) is 4. The molecule has 4 rings (SSSR count). The number of rotatable bonds is 6. The first-order chi connectivity index (χ1) is 14.9. The zero-order chi connectivity index (χ0) is 22.1. The van der Waals surface area contributed by atoms with E-state index in [9.17, 15) is 24.7 Å². The van der Waals surface area contributed by atoms with Crippen LogP contribution in [0.4, 0.5) is 5.13 Å². The summed E-state index contributed by atoms with van der Waals surface area (Å²) in [5, 5.41) is 27.4. The number of fused-ring (bicyclic) bond motifs is 1. The van der Waals surface area contributed by atoms with Gasteiger partial charge in [0.2, 0.25) is 0 Å². The van der Waals surface area contributed by atoms with E-state index in [4.69, 9.17) is 5.73 Å². The molecule has 0 bridgehead atoms. The van der Waals surface area contributed by atoms with Crippen LogP contribution >= 0.6 is 34.6 Å². The van der Waals surface area contributed by atoms with Crippen molar-refractivity contribution in [3.05, 3.63) is 45.6 Å². The Labute approximate surface area is 215 Å². The predicted molar refractivity (Wildman–Crippen MR) is 113 cm³/mol. The first-order valence-corrected chi connectivity index (χ1v) is 11.3. The van der Waals surface area contributed by atoms with Gasteiger partial charge in [-0.15, -0.1) is 23.1 Å². The molecule has 15 heteroatoms. The number of carboxylic acids is 1. The van der Waals surface area contributed by atoms with E-state index in [1.54, 1.807) is 24.4 Å². The molecule has 0 aliphatic carbocycles. The van der Waals surface area contributed by atoms with E-state index in [2.05, 4.69) is 19.8 Å². The summed E-state index contributed by atoms with van der Waals surface area (Å²) in [6.45, 7) is 0. The van der Waals surface area contributed by atoms with Crippen molar-refractivity contribution in [2.45, 2.75) is 11.4 Å². The third kappa shape index (κ3) is 4.60. The van der Waals surface area contributed by atoms with Crippen molar-refractivity contribution in [2.24, 2.45) is 5.16 Å². The number of aliphatic carboxylic acids is 1. The quantitative estimate of drug-likeness (QED) is 0.119. The molecule has 0 radical (unpaired) electrons. The Morgan fingerprint density at radius 2 is 2.19 bits per heavy atom. The van der Waals surface area contributed by atoms with Crippen LogP contribution in [0.5, 0.6) is 0 Å². The van der Waals surface area contributed by atoms with Crippen LogP contribution in [0.1, 0.15) is 10.6 Å². The number of hydrogen-bond acceptors (Lipinski definition) is 12. The fourth-order valence-electron chi connectivity index (χ4n) is 3.07. The molecular formula is C17H13N6NaO5S3. The van der Waals surface area contributed by atoms with E-state index in [0.717, 1.165) is 21.1 Å². The number of nitrogen functional groups attached to an aromatic ring is 1. The Kier molecular flexibility index (Phi) is 7.74. The number of thiazole rings is 1. The Hall–Kier alpha value is -2.23. The summed E-state index contributed by atoms with van der Waals surface area (Å²) in [5.74, 6) is -2.63. The summed E-state index contributed by atoms with van der Waals surface area (Å²) in [4.78, 5) is 42.8. The molecule has 1 saturated heterocycles. The zero-order valence-electron chi connectivity index (χ0n) is 16.4. The molecule has 4 N–H and O–H groups in total. The Balaban J connectivity index is 0.00000289. The summed E-state index contributed by atoms with van der Waals surface area (Å²) in [5.41, 5.74) is 5.38. The van der Waals surface area contributed by atoms with Gasteiger partial charge in [-0.3, -0.25) is 14.5 Å². The summed E-state index contributed by atoms with van der Waals surface area (Å²) in [6, 6.07) is 0.780. The maximum Gasteiger partial charge on any atom is 1.00 e. The van der Waals surface area contributed by atoms with Gasteiger partial charge in [0, 0.05) is 22.2 Å². The second-order valence-electron chi connectivity index (χ2n) is 6.29. The SMILES string of the molecule is Nc1nc(/C(=N/O)C(=O)N[C@@H]2C(=O)N3C(C(=O)[O-])=C(/C=C/c4ccns4)CS[C@H]23)cs1.[Na+]. The predicted octanol–water partition coefficient (Wildman–Crippen LogP) is -3.52. The molecule has 2 aromatic heterocycles. The number of carbonyl (C=O) groups is 3. The molecule has 0 unspecified atom stereocenters. The Bertz CT molecular complexity index is 1150. The van der Waals surface area contributed by atoms with E-state index >= 15 is 0 Å². The second-order valence-corrected chi connectivity index (χ2v) is 9.15. The van der Waals surface area contributed by atoms with Gasteiger partial charge in [-0.1, -0.05) is 11.2 Å². The number of β-lactam (4-membered cyclic amide) rings is 1. The van der Waals surface area contributed by atoms with Gasteiger partial charge in [0.15, 0.2) is 10.8 Å². The monoisotopic (exact) mass is 500 g/mol. The van der Waals surface area contributed by atoms with Crippen LogP contribution in [0.25, 0.3) is 6.08 Å². The zero-order valence-corrected chi connectivity index (χ0v) is 20.9. The van der Waals surface area contributed by atoms with Gasteiger partial charge < -0.3 is 26.2 Å². The van der Waals surface area contributed by atoms with Crippen molar-refractivity contribution in [1.29, 1.82) is 0 Å². The van der Waals surface area contributed by atoms with Gasteiger partial charge >= 0.3 is 29.6 Å². The minimum absolute atomic E-state index is 0. The Morgan fingerprint density at radius 1 is 1.41 bits per heavy atom. The fourth-order valence-corrected chi connectivity index (χ4v) is 5.43. The van der Waals surface area contributed by atoms with Crippen molar-refractivity contribution < 1.29 is 54.3 Å². The van der Waals surface area contributed by atoms with Crippen LogP contribution in [0.3, 0.4) is 0 Å². The first kappa shape index (κ1) is 24.4. The van der Waals surface area contributed by atoms with Crippen molar-refractivity contribution >= 4 is 69.3 Å². The van der Waals surface area contributed by atoms with E-state index < -0.39 is 34.9 Å². The number of amides is 2. The van der Waals surface area contributed by atoms with Gasteiger partial charge in [-0.25, -0.2) is 9.36 Å². The van der Waals surface area contributed by atoms with Gasteiger partial charge in [-0.2, -0.15) is 0 Å². The van der Waals surface area contributed by atoms with Gasteiger partial charge in [0.1, 0.15) is 17.1 Å². The molecule has 2 aliphatic heterocycles. The number of aromatic nitrogens is 2. The van der Waals surface area contributed by atoms with E-state index in [1.165, 1.54) is 28.7 Å². The van der Waals surface area contributed by atoms with Gasteiger partial charge in [-0.05, 0) is 29.2 Å². The fraction of sp³-hybridized carbons (Fsp3) is 0.176. The van der Waals surface area contributed by atoms with E-state index in [1.807, 2.05) is 0 Å². The minimum atomic E-state index is -1.48. The molecule has 2 aliphatic rings. The van der Waals surface area contributed by atoms with Crippen LogP contribution < -0.4 is 45.7 Å². The number of carboxylic acid groups (broad SMARTS) is 1. The molecule has 32 heavy (non-hydrogen) atoms. The topological polar surface area (TPSA) is 174 Å². The van der Waals surface area contributed by atoms with Crippen molar-refractivity contribution in [2.75, 3.05) is 11.5 Å².